The third-order valence-corrected chi connectivity index (χ3v) is 6.48. The van der Waals surface area contributed by atoms with E-state index in [1.54, 1.807) is 6.92 Å². The van der Waals surface area contributed by atoms with Gasteiger partial charge in [-0.05, 0) is 13.0 Å². The van der Waals surface area contributed by atoms with E-state index in [0.29, 0.717) is 30.9 Å². The molecule has 1 unspecified atom stereocenters. The van der Waals surface area contributed by atoms with Gasteiger partial charge < -0.3 is 15.2 Å². The zero-order chi connectivity index (χ0) is 22.7. The number of hydrogen-bond donors (Lipinski definition) is 2. The van der Waals surface area contributed by atoms with E-state index in [1.807, 2.05) is 4.90 Å². The van der Waals surface area contributed by atoms with E-state index in [9.17, 15) is 22.8 Å². The second kappa shape index (κ2) is 9.48. The number of aliphatic carboxylic acids is 1. The summed E-state index contributed by atoms with van der Waals surface area (Å²) in [5, 5.41) is 15.4. The second-order valence-corrected chi connectivity index (χ2v) is 14.5. The standard InChI is InChI=1S/C18H29F3N4O4Si/c1-12(8-24-9-13(10-24)17(27)28)23-14-7-22-25(11-29-5-6-30(2,3)4)16(26)15(14)18(19,20)21/h7,12-13,23H,5-6,8-11H2,1-4H3,(H,27,28). The zero-order valence-electron chi connectivity index (χ0n) is 17.6. The van der Waals surface area contributed by atoms with Crippen molar-refractivity contribution >= 4 is 19.7 Å². The molecule has 1 fully saturated rings. The highest BCUT2D eigenvalue weighted by atomic mass is 28.3. The van der Waals surface area contributed by atoms with Gasteiger partial charge in [0.15, 0.2) is 0 Å². The van der Waals surface area contributed by atoms with Crippen molar-refractivity contribution < 1.29 is 27.8 Å². The number of carboxylic acids is 1. The molecule has 0 bridgehead atoms. The maximum absolute atomic E-state index is 13.6. The topological polar surface area (TPSA) is 96.7 Å². The SMILES string of the molecule is CC(CN1CC(C(=O)O)C1)Nc1cnn(COCC[Si](C)(C)C)c(=O)c1C(F)(F)F. The maximum atomic E-state index is 13.6. The average molecular weight is 451 g/mol. The molecule has 0 amide bonds. The molecule has 0 aromatic carbocycles. The summed E-state index contributed by atoms with van der Waals surface area (Å²) in [5.74, 6) is -1.33. The number of anilines is 1. The van der Waals surface area contributed by atoms with E-state index in [1.165, 1.54) is 0 Å². The number of aromatic nitrogens is 2. The lowest BCUT2D eigenvalue weighted by Gasteiger charge is -2.38. The van der Waals surface area contributed by atoms with Crippen molar-refractivity contribution in [2.45, 2.75) is 51.6 Å². The molecule has 0 saturated carbocycles. The van der Waals surface area contributed by atoms with Gasteiger partial charge in [0.2, 0.25) is 0 Å². The van der Waals surface area contributed by atoms with Gasteiger partial charge in [-0.1, -0.05) is 19.6 Å². The van der Waals surface area contributed by atoms with Crippen LogP contribution in [0.1, 0.15) is 12.5 Å². The lowest BCUT2D eigenvalue weighted by Crippen LogP contribution is -2.53. The minimum Gasteiger partial charge on any atom is -0.481 e. The molecule has 12 heteroatoms. The zero-order valence-corrected chi connectivity index (χ0v) is 18.6. The largest absolute Gasteiger partial charge is 0.481 e. The highest BCUT2D eigenvalue weighted by Crippen LogP contribution is 2.32. The Hall–Kier alpha value is -1.92. The van der Waals surface area contributed by atoms with Gasteiger partial charge in [0.1, 0.15) is 12.3 Å². The number of carboxylic acid groups (broad SMARTS) is 1. The molecule has 1 aromatic heterocycles. The van der Waals surface area contributed by atoms with Gasteiger partial charge in [-0.3, -0.25) is 14.5 Å². The molecule has 2 rings (SSSR count). The molecule has 2 heterocycles. The molecule has 1 aliphatic rings. The fourth-order valence-corrected chi connectivity index (χ4v) is 3.82. The molecule has 0 spiro atoms. The summed E-state index contributed by atoms with van der Waals surface area (Å²) in [6.07, 6.45) is -3.87. The predicted octanol–water partition coefficient (Wildman–Crippen LogP) is 2.39. The quantitative estimate of drug-likeness (QED) is 0.417. The summed E-state index contributed by atoms with van der Waals surface area (Å²) in [7, 11) is -1.36. The normalized spacial score (nSPS) is 16.9. The Kier molecular flexibility index (Phi) is 7.69. The van der Waals surface area contributed by atoms with Crippen molar-refractivity contribution in [1.29, 1.82) is 0 Å². The van der Waals surface area contributed by atoms with Crippen LogP contribution in [-0.2, 0) is 22.4 Å². The molecule has 0 radical (unpaired) electrons. The molecule has 0 aliphatic carbocycles. The van der Waals surface area contributed by atoms with Crippen LogP contribution in [0, 0.1) is 5.92 Å². The Labute approximate surface area is 174 Å². The van der Waals surface area contributed by atoms with Crippen LogP contribution in [0.3, 0.4) is 0 Å². The first kappa shape index (κ1) is 24.3. The summed E-state index contributed by atoms with van der Waals surface area (Å²) < 4.78 is 46.8. The van der Waals surface area contributed by atoms with E-state index in [-0.39, 0.29) is 6.73 Å². The molecular formula is C18H29F3N4O4Si. The summed E-state index contributed by atoms with van der Waals surface area (Å²) >= 11 is 0. The van der Waals surface area contributed by atoms with Gasteiger partial charge in [0.05, 0.1) is 17.8 Å². The van der Waals surface area contributed by atoms with Crippen molar-refractivity contribution in [3.05, 3.63) is 22.1 Å². The lowest BCUT2D eigenvalue weighted by molar-refractivity contribution is -0.147. The highest BCUT2D eigenvalue weighted by molar-refractivity contribution is 6.76. The van der Waals surface area contributed by atoms with Crippen LogP contribution in [0.25, 0.3) is 0 Å². The molecule has 2 N–H and O–H groups in total. The number of rotatable bonds is 10. The van der Waals surface area contributed by atoms with Crippen LogP contribution in [0.2, 0.25) is 25.7 Å². The van der Waals surface area contributed by atoms with Crippen LogP contribution in [0.5, 0.6) is 0 Å². The van der Waals surface area contributed by atoms with Crippen molar-refractivity contribution in [1.82, 2.24) is 14.7 Å². The van der Waals surface area contributed by atoms with Crippen molar-refractivity contribution in [2.75, 3.05) is 31.6 Å². The molecule has 1 atom stereocenters. The van der Waals surface area contributed by atoms with Gasteiger partial charge in [0.25, 0.3) is 5.56 Å². The van der Waals surface area contributed by atoms with Gasteiger partial charge in [-0.25, -0.2) is 4.68 Å². The van der Waals surface area contributed by atoms with E-state index in [4.69, 9.17) is 9.84 Å². The molecule has 170 valence electrons. The Morgan fingerprint density at radius 2 is 2.03 bits per heavy atom. The molecule has 8 nitrogen and oxygen atoms in total. The fraction of sp³-hybridized carbons (Fsp3) is 0.722. The number of nitrogens with one attached hydrogen (secondary N) is 1. The molecule has 1 saturated heterocycles. The monoisotopic (exact) mass is 450 g/mol. The number of alkyl halides is 3. The second-order valence-electron chi connectivity index (χ2n) is 8.88. The minimum atomic E-state index is -4.85. The Bertz CT molecular complexity index is 804. The summed E-state index contributed by atoms with van der Waals surface area (Å²) in [5.41, 5.74) is -2.97. The van der Waals surface area contributed by atoms with Crippen molar-refractivity contribution in [3.8, 4) is 0 Å². The highest BCUT2D eigenvalue weighted by Gasteiger charge is 2.39. The smallest absolute Gasteiger partial charge is 0.423 e. The first-order chi connectivity index (χ1) is 13.8. The van der Waals surface area contributed by atoms with E-state index in [2.05, 4.69) is 30.1 Å². The number of hydrogen-bond acceptors (Lipinski definition) is 6. The first-order valence-corrected chi connectivity index (χ1v) is 13.5. The summed E-state index contributed by atoms with van der Waals surface area (Å²) in [6.45, 7) is 9.17. The third kappa shape index (κ3) is 6.81. The van der Waals surface area contributed by atoms with Crippen LogP contribution < -0.4 is 10.9 Å². The molecular weight excluding hydrogens is 421 g/mol. The predicted molar refractivity (Wildman–Crippen MR) is 108 cm³/mol. The Morgan fingerprint density at radius 3 is 2.57 bits per heavy atom. The molecule has 1 aromatic rings. The number of halogens is 3. The number of nitrogens with zero attached hydrogens (tertiary/aromatic N) is 3. The minimum absolute atomic E-state index is 0.341. The molecule has 30 heavy (non-hydrogen) atoms. The van der Waals surface area contributed by atoms with Crippen molar-refractivity contribution in [2.24, 2.45) is 5.92 Å². The van der Waals surface area contributed by atoms with Crippen LogP contribution >= 0.6 is 0 Å². The number of ether oxygens (including phenoxy) is 1. The third-order valence-electron chi connectivity index (χ3n) is 4.78. The van der Waals surface area contributed by atoms with E-state index < -0.39 is 49.0 Å². The number of carbonyl (C=O) groups is 1. The van der Waals surface area contributed by atoms with Gasteiger partial charge >= 0.3 is 12.1 Å². The van der Waals surface area contributed by atoms with Crippen LogP contribution in [0.15, 0.2) is 11.0 Å². The van der Waals surface area contributed by atoms with Crippen LogP contribution in [0.4, 0.5) is 18.9 Å². The summed E-state index contributed by atoms with van der Waals surface area (Å²) in [4.78, 5) is 25.1. The fourth-order valence-electron chi connectivity index (χ4n) is 3.07. The summed E-state index contributed by atoms with van der Waals surface area (Å²) in [6, 6.07) is 0.385. The van der Waals surface area contributed by atoms with E-state index in [0.717, 1.165) is 12.2 Å². The van der Waals surface area contributed by atoms with Gasteiger partial charge in [0, 0.05) is 40.4 Å². The van der Waals surface area contributed by atoms with Gasteiger partial charge in [-0.15, -0.1) is 0 Å². The first-order valence-electron chi connectivity index (χ1n) is 9.74. The average Bonchev–Trinajstić information content (AvgIpc) is 2.53. The van der Waals surface area contributed by atoms with Gasteiger partial charge in [-0.2, -0.15) is 18.3 Å². The Balaban J connectivity index is 2.05. The molecule has 1 aliphatic heterocycles. The Morgan fingerprint density at radius 1 is 1.40 bits per heavy atom. The van der Waals surface area contributed by atoms with Crippen molar-refractivity contribution in [3.63, 3.8) is 0 Å². The lowest BCUT2D eigenvalue weighted by atomic mass is 10.00. The number of likely N-dealkylation sites (tertiary alicyclic amines) is 1. The van der Waals surface area contributed by atoms with Crippen LogP contribution in [-0.4, -0.2) is 66.1 Å². The maximum Gasteiger partial charge on any atom is 0.423 e. The van der Waals surface area contributed by atoms with E-state index >= 15 is 0 Å².